The van der Waals surface area contributed by atoms with E-state index >= 15 is 0 Å². The van der Waals surface area contributed by atoms with Gasteiger partial charge in [0.1, 0.15) is 15.7 Å². The lowest BCUT2D eigenvalue weighted by atomic mass is 10.1. The first kappa shape index (κ1) is 13.7. The number of ketones is 1. The Hall–Kier alpha value is -1.76. The summed E-state index contributed by atoms with van der Waals surface area (Å²) in [5.74, 6) is -2.06. The number of sulfone groups is 1. The lowest BCUT2D eigenvalue weighted by Crippen LogP contribution is -2.31. The Bertz CT molecular complexity index is 654. The van der Waals surface area contributed by atoms with E-state index in [-0.39, 0.29) is 30.0 Å². The van der Waals surface area contributed by atoms with Crippen molar-refractivity contribution in [3.8, 4) is 0 Å². The highest BCUT2D eigenvalue weighted by Crippen LogP contribution is 2.29. The Kier molecular flexibility index (Phi) is 3.40. The van der Waals surface area contributed by atoms with Gasteiger partial charge in [0.15, 0.2) is 0 Å². The molecule has 0 spiro atoms. The smallest absolute Gasteiger partial charge is 0.299 e. The van der Waals surface area contributed by atoms with Crippen LogP contribution in [0.2, 0.25) is 0 Å². The molecule has 0 saturated heterocycles. The van der Waals surface area contributed by atoms with Gasteiger partial charge in [-0.3, -0.25) is 9.59 Å². The molecule has 1 aromatic rings. The third kappa shape index (κ3) is 2.81. The average Bonchev–Trinajstić information content (AvgIpc) is 2.52. The van der Waals surface area contributed by atoms with Crippen LogP contribution in [-0.4, -0.2) is 38.7 Å². The summed E-state index contributed by atoms with van der Waals surface area (Å²) >= 11 is 0. The number of rotatable bonds is 4. The molecular formula is C12H12FNO4S. The van der Waals surface area contributed by atoms with Crippen LogP contribution < -0.4 is 4.90 Å². The van der Waals surface area contributed by atoms with Gasteiger partial charge < -0.3 is 4.90 Å². The van der Waals surface area contributed by atoms with E-state index in [0.717, 1.165) is 23.3 Å². The molecule has 0 unspecified atom stereocenters. The number of carbonyl (C=O) groups is 2. The molecule has 7 heteroatoms. The predicted molar refractivity (Wildman–Crippen MR) is 67.4 cm³/mol. The molecule has 1 aliphatic rings. The fourth-order valence-electron chi connectivity index (χ4n) is 1.97. The van der Waals surface area contributed by atoms with Gasteiger partial charge >= 0.3 is 0 Å². The molecule has 0 saturated carbocycles. The minimum absolute atomic E-state index is 0.0775. The summed E-state index contributed by atoms with van der Waals surface area (Å²) in [7, 11) is -3.13. The molecule has 19 heavy (non-hydrogen) atoms. The highest BCUT2D eigenvalue weighted by Gasteiger charge is 2.35. The molecule has 0 N–H and O–H groups in total. The lowest BCUT2D eigenvalue weighted by molar-refractivity contribution is -0.114. The van der Waals surface area contributed by atoms with Crippen molar-refractivity contribution in [1.82, 2.24) is 0 Å². The van der Waals surface area contributed by atoms with Crippen molar-refractivity contribution in [3.05, 3.63) is 29.6 Å². The molecule has 1 aromatic carbocycles. The van der Waals surface area contributed by atoms with Crippen molar-refractivity contribution in [1.29, 1.82) is 0 Å². The average molecular weight is 285 g/mol. The molecule has 0 fully saturated rings. The van der Waals surface area contributed by atoms with Crippen molar-refractivity contribution in [2.45, 2.75) is 6.42 Å². The maximum Gasteiger partial charge on any atom is 0.299 e. The van der Waals surface area contributed by atoms with Crippen LogP contribution in [0.25, 0.3) is 0 Å². The third-order valence-electron chi connectivity index (χ3n) is 2.83. The number of hydrogen-bond donors (Lipinski definition) is 0. The Morgan fingerprint density at radius 2 is 1.95 bits per heavy atom. The second kappa shape index (κ2) is 4.73. The zero-order valence-corrected chi connectivity index (χ0v) is 11.0. The summed E-state index contributed by atoms with van der Waals surface area (Å²) in [5.41, 5.74) is 0.370. The van der Waals surface area contributed by atoms with Gasteiger partial charge in [-0.15, -0.1) is 0 Å². The number of hydrogen-bond acceptors (Lipinski definition) is 4. The zero-order chi connectivity index (χ0) is 14.2. The number of anilines is 1. The van der Waals surface area contributed by atoms with E-state index in [1.54, 1.807) is 0 Å². The maximum absolute atomic E-state index is 13.2. The highest BCUT2D eigenvalue weighted by atomic mass is 32.2. The number of carbonyl (C=O) groups excluding carboxylic acids is 2. The van der Waals surface area contributed by atoms with Crippen LogP contribution in [0.1, 0.15) is 16.8 Å². The molecular weight excluding hydrogens is 273 g/mol. The molecule has 1 amide bonds. The molecule has 5 nitrogen and oxygen atoms in total. The van der Waals surface area contributed by atoms with Gasteiger partial charge in [0.05, 0.1) is 17.0 Å². The van der Waals surface area contributed by atoms with Crippen molar-refractivity contribution in [2.75, 3.05) is 23.5 Å². The van der Waals surface area contributed by atoms with Gasteiger partial charge in [-0.1, -0.05) is 0 Å². The SMILES string of the molecule is CS(=O)(=O)CCCN1C(=O)C(=O)c2ccc(F)cc21. The lowest BCUT2D eigenvalue weighted by Gasteiger charge is -2.15. The van der Waals surface area contributed by atoms with Gasteiger partial charge in [0, 0.05) is 12.8 Å². The van der Waals surface area contributed by atoms with Crippen molar-refractivity contribution < 1.29 is 22.4 Å². The molecule has 0 bridgehead atoms. The van der Waals surface area contributed by atoms with Gasteiger partial charge in [-0.25, -0.2) is 12.8 Å². The molecule has 0 atom stereocenters. The van der Waals surface area contributed by atoms with E-state index in [2.05, 4.69) is 0 Å². The number of nitrogens with zero attached hydrogens (tertiary/aromatic N) is 1. The summed E-state index contributed by atoms with van der Waals surface area (Å²) in [6.07, 6.45) is 1.30. The highest BCUT2D eigenvalue weighted by molar-refractivity contribution is 7.90. The minimum atomic E-state index is -3.13. The first-order chi connectivity index (χ1) is 8.79. The van der Waals surface area contributed by atoms with Crippen molar-refractivity contribution >= 4 is 27.2 Å². The van der Waals surface area contributed by atoms with Crippen LogP contribution in [0, 0.1) is 5.82 Å². The zero-order valence-electron chi connectivity index (χ0n) is 10.2. The Morgan fingerprint density at radius 1 is 1.26 bits per heavy atom. The van der Waals surface area contributed by atoms with E-state index in [4.69, 9.17) is 0 Å². The van der Waals surface area contributed by atoms with E-state index in [1.807, 2.05) is 0 Å². The van der Waals surface area contributed by atoms with Crippen LogP contribution in [0.15, 0.2) is 18.2 Å². The fraction of sp³-hybridized carbons (Fsp3) is 0.333. The molecule has 1 heterocycles. The summed E-state index contributed by atoms with van der Waals surface area (Å²) in [6.45, 7) is 0.0775. The van der Waals surface area contributed by atoms with E-state index in [0.29, 0.717) is 0 Å². The first-order valence-electron chi connectivity index (χ1n) is 5.63. The Balaban J connectivity index is 2.21. The second-order valence-electron chi connectivity index (χ2n) is 4.43. The standard InChI is InChI=1S/C12H12FNO4S/c1-19(17,18)6-2-5-14-10-7-8(13)3-4-9(10)11(15)12(14)16/h3-4,7H,2,5-6H2,1H3. The van der Waals surface area contributed by atoms with Crippen molar-refractivity contribution in [3.63, 3.8) is 0 Å². The number of amides is 1. The van der Waals surface area contributed by atoms with Crippen LogP contribution in [0.3, 0.4) is 0 Å². The van der Waals surface area contributed by atoms with E-state index in [9.17, 15) is 22.4 Å². The second-order valence-corrected chi connectivity index (χ2v) is 6.69. The van der Waals surface area contributed by atoms with E-state index in [1.165, 1.54) is 6.07 Å². The molecule has 0 aliphatic carbocycles. The van der Waals surface area contributed by atoms with Gasteiger partial charge in [-0.05, 0) is 24.6 Å². The largest absolute Gasteiger partial charge is 0.305 e. The quantitative estimate of drug-likeness (QED) is 0.767. The Morgan fingerprint density at radius 3 is 2.58 bits per heavy atom. The Labute approximate surface area is 109 Å². The minimum Gasteiger partial charge on any atom is -0.305 e. The summed E-state index contributed by atoms with van der Waals surface area (Å²) in [4.78, 5) is 24.5. The van der Waals surface area contributed by atoms with Crippen LogP contribution in [-0.2, 0) is 14.6 Å². The summed E-state index contributed by atoms with van der Waals surface area (Å²) in [5, 5.41) is 0. The summed E-state index contributed by atoms with van der Waals surface area (Å²) in [6, 6.07) is 3.49. The van der Waals surface area contributed by atoms with Crippen LogP contribution in [0.5, 0.6) is 0 Å². The van der Waals surface area contributed by atoms with Gasteiger partial charge in [0.25, 0.3) is 11.7 Å². The molecule has 102 valence electrons. The van der Waals surface area contributed by atoms with Crippen LogP contribution >= 0.6 is 0 Å². The number of Topliss-reactive ketones (excluding diaryl/α,β-unsaturated/α-hetero) is 1. The molecule has 1 aliphatic heterocycles. The fourth-order valence-corrected chi connectivity index (χ4v) is 2.63. The molecule has 0 aromatic heterocycles. The summed E-state index contributed by atoms with van der Waals surface area (Å²) < 4.78 is 35.2. The number of halogens is 1. The monoisotopic (exact) mass is 285 g/mol. The number of fused-ring (bicyclic) bond motifs is 1. The van der Waals surface area contributed by atoms with Crippen molar-refractivity contribution in [2.24, 2.45) is 0 Å². The maximum atomic E-state index is 13.2. The molecule has 0 radical (unpaired) electrons. The normalized spacial score (nSPS) is 14.9. The van der Waals surface area contributed by atoms with Gasteiger partial charge in [-0.2, -0.15) is 0 Å². The van der Waals surface area contributed by atoms with Gasteiger partial charge in [0.2, 0.25) is 0 Å². The first-order valence-corrected chi connectivity index (χ1v) is 7.69. The van der Waals surface area contributed by atoms with E-state index < -0.39 is 27.3 Å². The van der Waals surface area contributed by atoms with Crippen LogP contribution in [0.4, 0.5) is 10.1 Å². The topological polar surface area (TPSA) is 71.5 Å². The number of benzene rings is 1. The molecule has 2 rings (SSSR count). The third-order valence-corrected chi connectivity index (χ3v) is 3.86. The predicted octanol–water partition coefficient (Wildman–Crippen LogP) is 0.790.